The Balaban J connectivity index is 1.43. The number of hydrogen-bond acceptors (Lipinski definition) is 6. The second-order valence-electron chi connectivity index (χ2n) is 9.82. The van der Waals surface area contributed by atoms with Crippen LogP contribution in [0.3, 0.4) is 0 Å². The number of carbonyl (C=O) groups excluding carboxylic acids is 1. The van der Waals surface area contributed by atoms with Crippen LogP contribution >= 0.6 is 11.6 Å². The van der Waals surface area contributed by atoms with Crippen molar-refractivity contribution >= 4 is 34.1 Å². The number of benzene rings is 2. The van der Waals surface area contributed by atoms with Crippen LogP contribution in [0.2, 0.25) is 5.02 Å². The molecule has 0 atom stereocenters. The predicted molar refractivity (Wildman–Crippen MR) is 140 cm³/mol. The van der Waals surface area contributed by atoms with Gasteiger partial charge in [0.15, 0.2) is 11.5 Å². The first kappa shape index (κ1) is 23.3. The number of hydrogen-bond donors (Lipinski definition) is 2. The molecule has 9 heteroatoms. The van der Waals surface area contributed by atoms with E-state index in [1.807, 2.05) is 16.7 Å². The largest absolute Gasteiger partial charge is 0.453 e. The standard InChI is InChI=1S/C27H29ClN4O4/c28-17-3-4-23-22(13-17)32-16-21(27(35)29-7-12-30-8-1-2-9-30)26(34)20-14-18(15-24(36-23)25(20)32)31-10-5-19(33)6-11-31/h3-4,13-16,19,33H,1-2,5-12H2,(H,29,35). The average Bonchev–Trinajstić information content (AvgIpc) is 3.39. The van der Waals surface area contributed by atoms with Crippen molar-refractivity contribution < 1.29 is 14.6 Å². The van der Waals surface area contributed by atoms with Crippen molar-refractivity contribution in [2.75, 3.05) is 44.2 Å². The van der Waals surface area contributed by atoms with Gasteiger partial charge in [-0.25, -0.2) is 0 Å². The van der Waals surface area contributed by atoms with E-state index < -0.39 is 0 Å². The molecule has 188 valence electrons. The summed E-state index contributed by atoms with van der Waals surface area (Å²) in [5.74, 6) is 0.776. The Bertz CT molecular complexity index is 1390. The summed E-state index contributed by atoms with van der Waals surface area (Å²) in [6.45, 7) is 4.73. The van der Waals surface area contributed by atoms with Crippen LogP contribution in [-0.4, -0.2) is 65.9 Å². The van der Waals surface area contributed by atoms with Crippen LogP contribution < -0.4 is 20.4 Å². The zero-order valence-electron chi connectivity index (χ0n) is 20.0. The monoisotopic (exact) mass is 508 g/mol. The maximum absolute atomic E-state index is 13.7. The molecule has 2 saturated heterocycles. The number of piperidine rings is 1. The number of nitrogens with zero attached hydrogens (tertiary/aromatic N) is 3. The number of fused-ring (bicyclic) bond motifs is 2. The lowest BCUT2D eigenvalue weighted by Gasteiger charge is -2.32. The SMILES string of the molecule is O=C(NCCN1CCCC1)c1cn2c3c(cc(N4CCC(O)CC4)cc3c1=O)Oc1ccc(Cl)cc1-2. The fourth-order valence-corrected chi connectivity index (χ4v) is 5.63. The van der Waals surface area contributed by atoms with E-state index in [2.05, 4.69) is 15.1 Å². The number of pyridine rings is 1. The van der Waals surface area contributed by atoms with Gasteiger partial charge in [0.25, 0.3) is 5.91 Å². The molecule has 8 nitrogen and oxygen atoms in total. The molecular formula is C27H29ClN4O4. The zero-order valence-corrected chi connectivity index (χ0v) is 20.8. The van der Waals surface area contributed by atoms with Crippen LogP contribution in [0.25, 0.3) is 16.6 Å². The molecule has 2 N–H and O–H groups in total. The number of aliphatic hydroxyl groups is 1. The van der Waals surface area contributed by atoms with E-state index in [0.29, 0.717) is 65.6 Å². The lowest BCUT2D eigenvalue weighted by molar-refractivity contribution is 0.0948. The van der Waals surface area contributed by atoms with Gasteiger partial charge in [0.05, 0.1) is 17.2 Å². The zero-order chi connectivity index (χ0) is 24.8. The third-order valence-corrected chi connectivity index (χ3v) is 7.67. The normalized spacial score (nSPS) is 17.8. The van der Waals surface area contributed by atoms with Gasteiger partial charge in [-0.1, -0.05) is 11.6 Å². The van der Waals surface area contributed by atoms with E-state index in [1.165, 1.54) is 12.8 Å². The number of rotatable bonds is 5. The number of halogens is 1. The van der Waals surface area contributed by atoms with Gasteiger partial charge in [-0.2, -0.15) is 0 Å². The van der Waals surface area contributed by atoms with Gasteiger partial charge in [0.2, 0.25) is 5.43 Å². The quantitative estimate of drug-likeness (QED) is 0.429. The smallest absolute Gasteiger partial charge is 0.256 e. The Morgan fingerprint density at radius 1 is 1.08 bits per heavy atom. The maximum atomic E-state index is 13.7. The third kappa shape index (κ3) is 4.23. The Morgan fingerprint density at radius 2 is 1.86 bits per heavy atom. The van der Waals surface area contributed by atoms with Crippen molar-refractivity contribution in [2.24, 2.45) is 0 Å². The lowest BCUT2D eigenvalue weighted by atomic mass is 10.0. The predicted octanol–water partition coefficient (Wildman–Crippen LogP) is 3.54. The second kappa shape index (κ2) is 9.42. The van der Waals surface area contributed by atoms with E-state index in [-0.39, 0.29) is 23.0 Å². The van der Waals surface area contributed by atoms with E-state index in [4.69, 9.17) is 16.3 Å². The van der Waals surface area contributed by atoms with Gasteiger partial charge in [-0.3, -0.25) is 9.59 Å². The summed E-state index contributed by atoms with van der Waals surface area (Å²) in [4.78, 5) is 31.4. The Morgan fingerprint density at radius 3 is 2.64 bits per heavy atom. The molecule has 3 aliphatic heterocycles. The number of ether oxygens (including phenoxy) is 1. The van der Waals surface area contributed by atoms with Gasteiger partial charge in [-0.15, -0.1) is 0 Å². The molecular weight excluding hydrogens is 480 g/mol. The first-order chi connectivity index (χ1) is 17.5. The molecule has 3 aliphatic rings. The summed E-state index contributed by atoms with van der Waals surface area (Å²) in [5.41, 5.74) is 1.91. The van der Waals surface area contributed by atoms with Crippen molar-refractivity contribution in [3.05, 3.63) is 57.3 Å². The van der Waals surface area contributed by atoms with Crippen molar-refractivity contribution in [2.45, 2.75) is 31.8 Å². The highest BCUT2D eigenvalue weighted by molar-refractivity contribution is 6.30. The van der Waals surface area contributed by atoms with Crippen LogP contribution in [0.5, 0.6) is 11.5 Å². The molecule has 36 heavy (non-hydrogen) atoms. The minimum absolute atomic E-state index is 0.0916. The molecule has 0 saturated carbocycles. The van der Waals surface area contributed by atoms with Crippen LogP contribution in [0.1, 0.15) is 36.0 Å². The third-order valence-electron chi connectivity index (χ3n) is 7.44. The topological polar surface area (TPSA) is 87.0 Å². The summed E-state index contributed by atoms with van der Waals surface area (Å²) in [6.07, 6.45) is 5.01. The van der Waals surface area contributed by atoms with Crippen molar-refractivity contribution in [1.29, 1.82) is 0 Å². The number of aliphatic hydroxyl groups excluding tert-OH is 1. The molecule has 3 aromatic rings. The Hall–Kier alpha value is -3.07. The molecule has 0 aliphatic carbocycles. The van der Waals surface area contributed by atoms with Crippen molar-refractivity contribution in [3.63, 3.8) is 0 Å². The van der Waals surface area contributed by atoms with Gasteiger partial charge >= 0.3 is 0 Å². The number of likely N-dealkylation sites (tertiary alicyclic amines) is 1. The molecule has 0 bridgehead atoms. The Kier molecular flexibility index (Phi) is 6.11. The second-order valence-corrected chi connectivity index (χ2v) is 10.3. The molecule has 0 unspecified atom stereocenters. The number of nitrogens with one attached hydrogen (secondary N) is 1. The molecule has 6 rings (SSSR count). The highest BCUT2D eigenvalue weighted by Gasteiger charge is 2.27. The first-order valence-corrected chi connectivity index (χ1v) is 13.0. The fraction of sp³-hybridized carbons (Fsp3) is 0.407. The van der Waals surface area contributed by atoms with Crippen molar-refractivity contribution in [1.82, 2.24) is 14.8 Å². The highest BCUT2D eigenvalue weighted by Crippen LogP contribution is 2.42. The van der Waals surface area contributed by atoms with Gasteiger partial charge < -0.3 is 29.5 Å². The first-order valence-electron chi connectivity index (χ1n) is 12.6. The van der Waals surface area contributed by atoms with E-state index in [0.717, 1.165) is 25.3 Å². The summed E-state index contributed by atoms with van der Waals surface area (Å²) in [5, 5.41) is 13.8. The number of anilines is 1. The summed E-state index contributed by atoms with van der Waals surface area (Å²) >= 11 is 6.30. The molecule has 2 fully saturated rings. The van der Waals surface area contributed by atoms with Crippen LogP contribution in [0.15, 0.2) is 41.3 Å². The number of amides is 1. The van der Waals surface area contributed by atoms with Crippen LogP contribution in [0, 0.1) is 0 Å². The van der Waals surface area contributed by atoms with Crippen LogP contribution in [-0.2, 0) is 0 Å². The Labute approximate surface area is 214 Å². The summed E-state index contributed by atoms with van der Waals surface area (Å²) < 4.78 is 8.08. The van der Waals surface area contributed by atoms with Gasteiger partial charge in [-0.05, 0) is 63.0 Å². The van der Waals surface area contributed by atoms with Gasteiger partial charge in [0, 0.05) is 49.2 Å². The molecule has 0 spiro atoms. The molecule has 0 radical (unpaired) electrons. The lowest BCUT2D eigenvalue weighted by Crippen LogP contribution is -2.36. The molecule has 4 heterocycles. The summed E-state index contributed by atoms with van der Waals surface area (Å²) in [6, 6.07) is 9.11. The highest BCUT2D eigenvalue weighted by atomic mass is 35.5. The number of aromatic nitrogens is 1. The summed E-state index contributed by atoms with van der Waals surface area (Å²) in [7, 11) is 0. The van der Waals surface area contributed by atoms with E-state index in [9.17, 15) is 14.7 Å². The molecule has 1 amide bonds. The van der Waals surface area contributed by atoms with Crippen LogP contribution in [0.4, 0.5) is 5.69 Å². The molecule has 1 aromatic heterocycles. The molecule has 2 aromatic carbocycles. The van der Waals surface area contributed by atoms with E-state index in [1.54, 1.807) is 24.4 Å². The minimum atomic E-state index is -0.382. The maximum Gasteiger partial charge on any atom is 0.256 e. The van der Waals surface area contributed by atoms with Crippen molar-refractivity contribution in [3.8, 4) is 17.2 Å². The van der Waals surface area contributed by atoms with Gasteiger partial charge in [0.1, 0.15) is 11.1 Å². The average molecular weight is 509 g/mol. The number of carbonyl (C=O) groups is 1. The van der Waals surface area contributed by atoms with E-state index >= 15 is 0 Å². The fourth-order valence-electron chi connectivity index (χ4n) is 5.46. The minimum Gasteiger partial charge on any atom is -0.453 e.